The lowest BCUT2D eigenvalue weighted by atomic mass is 10.1. The van der Waals surface area contributed by atoms with E-state index in [1.807, 2.05) is 25.1 Å². The van der Waals surface area contributed by atoms with Crippen molar-refractivity contribution in [1.29, 1.82) is 0 Å². The van der Waals surface area contributed by atoms with Gasteiger partial charge in [-0.2, -0.15) is 4.31 Å². The highest BCUT2D eigenvalue weighted by atomic mass is 32.2. The Bertz CT molecular complexity index is 1320. The number of rotatable bonds is 7. The van der Waals surface area contributed by atoms with Gasteiger partial charge in [-0.3, -0.25) is 10.2 Å². The minimum absolute atomic E-state index is 0.104. The summed E-state index contributed by atoms with van der Waals surface area (Å²) in [6, 6.07) is 6.14. The number of hydrogen-bond acceptors (Lipinski definition) is 10. The van der Waals surface area contributed by atoms with Crippen LogP contribution < -0.4 is 10.6 Å². The van der Waals surface area contributed by atoms with Gasteiger partial charge in [-0.1, -0.05) is 23.5 Å². The molecule has 1 aromatic carbocycles. The molecule has 0 spiro atoms. The Morgan fingerprint density at radius 3 is 2.66 bits per heavy atom. The van der Waals surface area contributed by atoms with Crippen LogP contribution in [0.2, 0.25) is 0 Å². The predicted octanol–water partition coefficient (Wildman–Crippen LogP) is 2.69. The number of carbonyl (C=O) groups excluding carboxylic acids is 1. The Morgan fingerprint density at radius 2 is 1.94 bits per heavy atom. The number of methoxy groups -OCH3 is 1. The van der Waals surface area contributed by atoms with Crippen LogP contribution in [-0.4, -0.2) is 84.5 Å². The van der Waals surface area contributed by atoms with Crippen LogP contribution >= 0.6 is 11.3 Å². The van der Waals surface area contributed by atoms with E-state index in [1.54, 1.807) is 13.3 Å². The van der Waals surface area contributed by atoms with E-state index in [1.165, 1.54) is 11.4 Å². The maximum atomic E-state index is 13.2. The molecule has 35 heavy (non-hydrogen) atoms. The van der Waals surface area contributed by atoms with Gasteiger partial charge in [-0.05, 0) is 32.4 Å². The lowest BCUT2D eigenvalue weighted by Crippen LogP contribution is -2.50. The molecule has 1 atom stereocenters. The number of ether oxygens (including phenoxy) is 1. The van der Waals surface area contributed by atoms with E-state index in [2.05, 4.69) is 42.1 Å². The summed E-state index contributed by atoms with van der Waals surface area (Å²) < 4.78 is 32.6. The fourth-order valence-corrected chi connectivity index (χ4v) is 7.06. The third-order valence-corrected chi connectivity index (χ3v) is 9.39. The van der Waals surface area contributed by atoms with E-state index >= 15 is 0 Å². The number of carbonyl (C=O) groups is 1. The van der Waals surface area contributed by atoms with Crippen molar-refractivity contribution in [2.24, 2.45) is 0 Å². The summed E-state index contributed by atoms with van der Waals surface area (Å²) in [5, 5.41) is 7.09. The zero-order chi connectivity index (χ0) is 25.2. The molecule has 2 aromatic heterocycles. The lowest BCUT2D eigenvalue weighted by Gasteiger charge is -2.35. The number of amides is 1. The Labute approximate surface area is 208 Å². The number of aromatic nitrogens is 3. The monoisotopic (exact) mass is 519 g/mol. The predicted molar refractivity (Wildman–Crippen MR) is 135 cm³/mol. The van der Waals surface area contributed by atoms with Gasteiger partial charge in [0, 0.05) is 44.2 Å². The largest absolute Gasteiger partial charge is 0.453 e. The molecule has 0 bridgehead atoms. The highest BCUT2D eigenvalue weighted by Crippen LogP contribution is 2.30. The zero-order valence-electron chi connectivity index (χ0n) is 20.1. The molecule has 0 aliphatic carbocycles. The van der Waals surface area contributed by atoms with Crippen LogP contribution in [0, 0.1) is 13.8 Å². The van der Waals surface area contributed by atoms with Crippen molar-refractivity contribution in [2.45, 2.75) is 31.0 Å². The van der Waals surface area contributed by atoms with Crippen molar-refractivity contribution in [2.75, 3.05) is 50.5 Å². The van der Waals surface area contributed by atoms with Crippen LogP contribution in [0.3, 0.4) is 0 Å². The van der Waals surface area contributed by atoms with Crippen LogP contribution in [0.4, 0.5) is 15.7 Å². The van der Waals surface area contributed by atoms with Gasteiger partial charge < -0.3 is 10.1 Å². The molecule has 4 rings (SSSR count). The van der Waals surface area contributed by atoms with E-state index < -0.39 is 16.1 Å². The number of para-hydroxylation sites is 1. The maximum absolute atomic E-state index is 13.2. The van der Waals surface area contributed by atoms with Crippen molar-refractivity contribution >= 4 is 49.3 Å². The van der Waals surface area contributed by atoms with Crippen molar-refractivity contribution in [1.82, 2.24) is 24.2 Å². The number of thiazole rings is 1. The van der Waals surface area contributed by atoms with Gasteiger partial charge in [-0.25, -0.2) is 28.2 Å². The van der Waals surface area contributed by atoms with E-state index in [4.69, 9.17) is 0 Å². The van der Waals surface area contributed by atoms with E-state index in [-0.39, 0.29) is 15.4 Å². The summed E-state index contributed by atoms with van der Waals surface area (Å²) in [4.78, 5) is 26.6. The lowest BCUT2D eigenvalue weighted by molar-refractivity contribution is 0.184. The van der Waals surface area contributed by atoms with Gasteiger partial charge in [0.2, 0.25) is 0 Å². The molecule has 1 amide bonds. The fraction of sp³-hybridized carbons (Fsp3) is 0.455. The summed E-state index contributed by atoms with van der Waals surface area (Å²) in [5.41, 5.74) is 2.38. The van der Waals surface area contributed by atoms with Crippen LogP contribution in [0.5, 0.6) is 0 Å². The first-order valence-corrected chi connectivity index (χ1v) is 13.5. The first kappa shape index (κ1) is 25.2. The highest BCUT2D eigenvalue weighted by Gasteiger charge is 2.32. The van der Waals surface area contributed by atoms with Crippen LogP contribution in [0.15, 0.2) is 28.7 Å². The van der Waals surface area contributed by atoms with E-state index in [9.17, 15) is 13.2 Å². The topological polar surface area (TPSA) is 130 Å². The Morgan fingerprint density at radius 1 is 1.20 bits per heavy atom. The first-order valence-electron chi connectivity index (χ1n) is 11.2. The minimum atomic E-state index is -3.71. The standard InChI is InChI=1S/C22H29N7O4S2/c1-14-6-5-7-17-18(14)23-13-24-19(17)25-15(2)12-28-8-10-29(11-9-28)35(31,32)20-16(3)26-21(34-20)27-22(30)33-4/h5-7,13,15H,8-12H2,1-4H3,(H,23,24,25)(H,26,27,30)/t15-/m0/s1. The average molecular weight is 520 g/mol. The normalized spacial score (nSPS) is 16.2. The molecule has 13 heteroatoms. The Kier molecular flexibility index (Phi) is 7.50. The van der Waals surface area contributed by atoms with Gasteiger partial charge in [0.25, 0.3) is 10.0 Å². The van der Waals surface area contributed by atoms with Crippen molar-refractivity contribution in [3.05, 3.63) is 35.8 Å². The second-order valence-corrected chi connectivity index (χ2v) is 11.6. The van der Waals surface area contributed by atoms with Crippen molar-refractivity contribution < 1.29 is 17.9 Å². The smallest absolute Gasteiger partial charge is 0.413 e. The second-order valence-electron chi connectivity index (χ2n) is 8.45. The molecule has 1 saturated heterocycles. The SMILES string of the molecule is COC(=O)Nc1nc(C)c(S(=O)(=O)N2CCN(C[C@H](C)Nc3ncnc4c(C)cccc34)CC2)s1. The van der Waals surface area contributed by atoms with Crippen LogP contribution in [0.25, 0.3) is 10.9 Å². The maximum Gasteiger partial charge on any atom is 0.413 e. The number of hydrogen-bond donors (Lipinski definition) is 2. The van der Waals surface area contributed by atoms with Crippen LogP contribution in [0.1, 0.15) is 18.2 Å². The molecule has 3 heterocycles. The number of sulfonamides is 1. The molecule has 2 N–H and O–H groups in total. The molecule has 1 aliphatic heterocycles. The zero-order valence-corrected chi connectivity index (χ0v) is 21.7. The molecule has 0 saturated carbocycles. The molecule has 1 fully saturated rings. The van der Waals surface area contributed by atoms with Gasteiger partial charge in [0.1, 0.15) is 12.1 Å². The number of aryl methyl sites for hydroxylation is 2. The van der Waals surface area contributed by atoms with Crippen LogP contribution in [-0.2, 0) is 14.8 Å². The number of nitrogens with one attached hydrogen (secondary N) is 2. The summed E-state index contributed by atoms with van der Waals surface area (Å²) >= 11 is 0.930. The Hall–Kier alpha value is -2.87. The van der Waals surface area contributed by atoms with Gasteiger partial charge in [0.05, 0.1) is 18.3 Å². The molecule has 3 aromatic rings. The fourth-order valence-electron chi connectivity index (χ4n) is 4.10. The summed E-state index contributed by atoms with van der Waals surface area (Å²) in [7, 11) is -2.47. The summed E-state index contributed by atoms with van der Waals surface area (Å²) in [5.74, 6) is 0.796. The third-order valence-electron chi connectivity index (χ3n) is 5.84. The van der Waals surface area contributed by atoms with Gasteiger partial charge >= 0.3 is 6.09 Å². The van der Waals surface area contributed by atoms with Crippen molar-refractivity contribution in [3.8, 4) is 0 Å². The number of piperazine rings is 1. The minimum Gasteiger partial charge on any atom is -0.453 e. The van der Waals surface area contributed by atoms with Gasteiger partial charge in [-0.15, -0.1) is 0 Å². The Balaban J connectivity index is 1.36. The third kappa shape index (κ3) is 5.53. The molecule has 188 valence electrons. The number of anilines is 2. The molecule has 0 unspecified atom stereocenters. The average Bonchev–Trinajstić information content (AvgIpc) is 3.20. The molecule has 0 radical (unpaired) electrons. The first-order chi connectivity index (χ1) is 16.7. The highest BCUT2D eigenvalue weighted by molar-refractivity contribution is 7.91. The molecular formula is C22H29N7O4S2. The molecular weight excluding hydrogens is 490 g/mol. The summed E-state index contributed by atoms with van der Waals surface area (Å²) in [6.45, 7) is 8.46. The molecule has 1 aliphatic rings. The number of benzene rings is 1. The number of fused-ring (bicyclic) bond motifs is 1. The molecule has 11 nitrogen and oxygen atoms in total. The van der Waals surface area contributed by atoms with E-state index in [0.717, 1.165) is 40.2 Å². The summed E-state index contributed by atoms with van der Waals surface area (Å²) in [6.07, 6.45) is 0.880. The second kappa shape index (κ2) is 10.4. The number of nitrogens with zero attached hydrogens (tertiary/aromatic N) is 5. The van der Waals surface area contributed by atoms with Crippen molar-refractivity contribution in [3.63, 3.8) is 0 Å². The van der Waals surface area contributed by atoms with E-state index in [0.29, 0.717) is 31.9 Å². The quantitative estimate of drug-likeness (QED) is 0.484. The van der Waals surface area contributed by atoms with Gasteiger partial charge in [0.15, 0.2) is 9.34 Å².